The summed E-state index contributed by atoms with van der Waals surface area (Å²) in [4.78, 5) is 24.8. The zero-order valence-electron chi connectivity index (χ0n) is 13.8. The summed E-state index contributed by atoms with van der Waals surface area (Å²) in [5.41, 5.74) is 3.60. The number of carbonyl (C=O) groups is 2. The smallest absolute Gasteiger partial charge is 0.360 e. The summed E-state index contributed by atoms with van der Waals surface area (Å²) < 4.78 is 5.32. The molecule has 0 amide bonds. The molecule has 5 heteroatoms. The second-order valence-corrected chi connectivity index (χ2v) is 5.83. The number of fused-ring (bicyclic) bond motifs is 1. The summed E-state index contributed by atoms with van der Waals surface area (Å²) in [6, 6.07) is 12.7. The fourth-order valence-electron chi connectivity index (χ4n) is 2.52. The van der Waals surface area contributed by atoms with Crippen LogP contribution in [0.2, 0.25) is 0 Å². The average molecular weight is 322 g/mol. The van der Waals surface area contributed by atoms with Crippen molar-refractivity contribution in [3.8, 4) is 0 Å². The van der Waals surface area contributed by atoms with Crippen molar-refractivity contribution >= 4 is 22.7 Å². The number of ether oxygens (including phenoxy) is 1. The van der Waals surface area contributed by atoms with Crippen molar-refractivity contribution in [2.45, 2.75) is 26.9 Å². The maximum absolute atomic E-state index is 12.5. The van der Waals surface area contributed by atoms with Gasteiger partial charge in [-0.05, 0) is 44.0 Å². The Morgan fingerprint density at radius 1 is 1.08 bits per heavy atom. The van der Waals surface area contributed by atoms with Gasteiger partial charge in [0.25, 0.3) is 0 Å². The maximum atomic E-state index is 12.5. The van der Waals surface area contributed by atoms with Crippen LogP contribution >= 0.6 is 0 Å². The monoisotopic (exact) mass is 322 g/mol. The summed E-state index contributed by atoms with van der Waals surface area (Å²) in [7, 11) is 0. The molecule has 1 heterocycles. The molecule has 0 aliphatic heterocycles. The Morgan fingerprint density at radius 2 is 1.83 bits per heavy atom. The normalized spacial score (nSPS) is 12.1. The number of esters is 1. The third-order valence-corrected chi connectivity index (χ3v) is 4.11. The van der Waals surface area contributed by atoms with Crippen molar-refractivity contribution in [3.63, 3.8) is 0 Å². The number of para-hydroxylation sites is 1. The standard InChI is InChI=1S/C19H18N2O3/c1-11-8-9-14(10-12(11)2)18(22)13(3)24-19(23)17-15-6-4-5-7-16(15)20-21-17/h4-10,13H,1-3H3,(H,20,21)/t13-/m0/s1. The van der Waals surface area contributed by atoms with Crippen molar-refractivity contribution in [1.82, 2.24) is 10.2 Å². The molecular formula is C19H18N2O3. The number of carbonyl (C=O) groups excluding carboxylic acids is 2. The van der Waals surface area contributed by atoms with E-state index in [0.717, 1.165) is 16.6 Å². The first-order valence-electron chi connectivity index (χ1n) is 7.73. The molecule has 0 unspecified atom stereocenters. The topological polar surface area (TPSA) is 72.1 Å². The molecule has 1 N–H and O–H groups in total. The summed E-state index contributed by atoms with van der Waals surface area (Å²) in [6.07, 6.45) is -0.880. The molecule has 0 radical (unpaired) electrons. The SMILES string of the molecule is Cc1ccc(C(=O)[C@H](C)OC(=O)c2n[nH]c3ccccc23)cc1C. The van der Waals surface area contributed by atoms with E-state index in [2.05, 4.69) is 10.2 Å². The second kappa shape index (κ2) is 6.28. The molecule has 0 fully saturated rings. The molecule has 3 aromatic rings. The number of H-pyrrole nitrogens is 1. The quantitative estimate of drug-likeness (QED) is 0.588. The molecular weight excluding hydrogens is 304 g/mol. The van der Waals surface area contributed by atoms with Gasteiger partial charge < -0.3 is 4.74 Å². The van der Waals surface area contributed by atoms with Crippen LogP contribution in [0.3, 0.4) is 0 Å². The summed E-state index contributed by atoms with van der Waals surface area (Å²) >= 11 is 0. The average Bonchev–Trinajstić information content (AvgIpc) is 3.00. The first kappa shape index (κ1) is 15.9. The molecule has 1 aromatic heterocycles. The second-order valence-electron chi connectivity index (χ2n) is 5.83. The molecule has 1 atom stereocenters. The number of hydrogen-bond acceptors (Lipinski definition) is 4. The van der Waals surface area contributed by atoms with Gasteiger partial charge in [0, 0.05) is 10.9 Å². The lowest BCUT2D eigenvalue weighted by molar-refractivity contribution is 0.0315. The van der Waals surface area contributed by atoms with E-state index in [4.69, 9.17) is 4.74 Å². The molecule has 0 spiro atoms. The summed E-state index contributed by atoms with van der Waals surface area (Å²) in [5, 5.41) is 7.45. The van der Waals surface area contributed by atoms with Gasteiger partial charge in [0.05, 0.1) is 5.52 Å². The number of nitrogens with one attached hydrogen (secondary N) is 1. The molecule has 24 heavy (non-hydrogen) atoms. The predicted octanol–water partition coefficient (Wildman–Crippen LogP) is 3.61. The Labute approximate surface area is 139 Å². The number of hydrogen-bond donors (Lipinski definition) is 1. The number of nitrogens with zero attached hydrogens (tertiary/aromatic N) is 1. The summed E-state index contributed by atoms with van der Waals surface area (Å²) in [6.45, 7) is 5.50. The van der Waals surface area contributed by atoms with Gasteiger partial charge in [0.15, 0.2) is 11.8 Å². The minimum Gasteiger partial charge on any atom is -0.449 e. The minimum absolute atomic E-state index is 0.185. The molecule has 3 rings (SSSR count). The lowest BCUT2D eigenvalue weighted by atomic mass is 10.0. The van der Waals surface area contributed by atoms with Gasteiger partial charge in [0.2, 0.25) is 5.78 Å². The molecule has 0 bridgehead atoms. The largest absolute Gasteiger partial charge is 0.449 e. The maximum Gasteiger partial charge on any atom is 0.360 e. The highest BCUT2D eigenvalue weighted by Crippen LogP contribution is 2.18. The molecule has 0 saturated carbocycles. The highest BCUT2D eigenvalue weighted by atomic mass is 16.5. The Balaban J connectivity index is 1.78. The number of aromatic nitrogens is 2. The van der Waals surface area contributed by atoms with Gasteiger partial charge in [-0.1, -0.05) is 30.3 Å². The number of aryl methyl sites for hydroxylation is 2. The van der Waals surface area contributed by atoms with Crippen LogP contribution in [0.25, 0.3) is 10.9 Å². The van der Waals surface area contributed by atoms with Gasteiger partial charge in [-0.3, -0.25) is 9.89 Å². The van der Waals surface area contributed by atoms with Gasteiger partial charge in [-0.15, -0.1) is 0 Å². The number of Topliss-reactive ketones (excluding diaryl/α,β-unsaturated/α-hetero) is 1. The van der Waals surface area contributed by atoms with E-state index in [1.807, 2.05) is 44.2 Å². The van der Waals surface area contributed by atoms with E-state index in [9.17, 15) is 9.59 Å². The van der Waals surface area contributed by atoms with Crippen LogP contribution in [-0.4, -0.2) is 28.1 Å². The van der Waals surface area contributed by atoms with Gasteiger partial charge in [-0.25, -0.2) is 4.79 Å². The van der Waals surface area contributed by atoms with E-state index in [1.54, 1.807) is 19.1 Å². The predicted molar refractivity (Wildman–Crippen MR) is 91.2 cm³/mol. The Hall–Kier alpha value is -2.95. The Bertz CT molecular complexity index is 927. The van der Waals surface area contributed by atoms with Crippen LogP contribution in [0.5, 0.6) is 0 Å². The van der Waals surface area contributed by atoms with E-state index >= 15 is 0 Å². The number of rotatable bonds is 4. The number of ketones is 1. The fourth-order valence-corrected chi connectivity index (χ4v) is 2.52. The first-order valence-corrected chi connectivity index (χ1v) is 7.73. The zero-order valence-corrected chi connectivity index (χ0v) is 13.8. The van der Waals surface area contributed by atoms with Crippen LogP contribution in [0.4, 0.5) is 0 Å². The van der Waals surface area contributed by atoms with Crippen molar-refractivity contribution in [3.05, 3.63) is 64.8 Å². The van der Waals surface area contributed by atoms with E-state index in [0.29, 0.717) is 10.9 Å². The third-order valence-electron chi connectivity index (χ3n) is 4.11. The van der Waals surface area contributed by atoms with E-state index in [-0.39, 0.29) is 11.5 Å². The van der Waals surface area contributed by atoms with Crippen LogP contribution < -0.4 is 0 Å². The van der Waals surface area contributed by atoms with Gasteiger partial charge >= 0.3 is 5.97 Å². The van der Waals surface area contributed by atoms with Gasteiger partial charge in [-0.2, -0.15) is 5.10 Å². The van der Waals surface area contributed by atoms with Crippen LogP contribution in [0.1, 0.15) is 38.9 Å². The molecule has 2 aromatic carbocycles. The van der Waals surface area contributed by atoms with Crippen LogP contribution in [0.15, 0.2) is 42.5 Å². The molecule has 0 aliphatic rings. The van der Waals surface area contributed by atoms with E-state index in [1.165, 1.54) is 0 Å². The zero-order chi connectivity index (χ0) is 17.3. The molecule has 0 aliphatic carbocycles. The number of aromatic amines is 1. The first-order chi connectivity index (χ1) is 11.5. The highest BCUT2D eigenvalue weighted by Gasteiger charge is 2.23. The fraction of sp³-hybridized carbons (Fsp3) is 0.211. The lowest BCUT2D eigenvalue weighted by Crippen LogP contribution is -2.24. The summed E-state index contributed by atoms with van der Waals surface area (Å²) in [5.74, 6) is -0.844. The molecule has 122 valence electrons. The minimum atomic E-state index is -0.880. The van der Waals surface area contributed by atoms with Crippen molar-refractivity contribution in [1.29, 1.82) is 0 Å². The van der Waals surface area contributed by atoms with Crippen molar-refractivity contribution in [2.75, 3.05) is 0 Å². The van der Waals surface area contributed by atoms with Crippen molar-refractivity contribution < 1.29 is 14.3 Å². The molecule has 5 nitrogen and oxygen atoms in total. The third kappa shape index (κ3) is 2.93. The van der Waals surface area contributed by atoms with Crippen molar-refractivity contribution in [2.24, 2.45) is 0 Å². The van der Waals surface area contributed by atoms with Crippen LogP contribution in [0, 0.1) is 13.8 Å². The van der Waals surface area contributed by atoms with E-state index < -0.39 is 12.1 Å². The Morgan fingerprint density at radius 3 is 2.58 bits per heavy atom. The Kier molecular flexibility index (Phi) is 4.16. The molecule has 0 saturated heterocycles. The van der Waals surface area contributed by atoms with Crippen LogP contribution in [-0.2, 0) is 4.74 Å². The highest BCUT2D eigenvalue weighted by molar-refractivity contribution is 6.05. The number of benzene rings is 2. The lowest BCUT2D eigenvalue weighted by Gasteiger charge is -2.12. The van der Waals surface area contributed by atoms with Gasteiger partial charge in [0.1, 0.15) is 0 Å².